The maximum absolute atomic E-state index is 12.1. The summed E-state index contributed by atoms with van der Waals surface area (Å²) in [6.45, 7) is 4.59. The van der Waals surface area contributed by atoms with Crippen molar-refractivity contribution in [2.24, 2.45) is 17.8 Å². The highest BCUT2D eigenvalue weighted by atomic mass is 16.1. The van der Waals surface area contributed by atoms with Gasteiger partial charge in [-0.2, -0.15) is 0 Å². The summed E-state index contributed by atoms with van der Waals surface area (Å²) in [4.78, 5) is 12.1. The van der Waals surface area contributed by atoms with Gasteiger partial charge in [0, 0.05) is 0 Å². The first-order valence-electron chi connectivity index (χ1n) is 7.86. The van der Waals surface area contributed by atoms with Gasteiger partial charge in [0.1, 0.15) is 6.29 Å². The van der Waals surface area contributed by atoms with Gasteiger partial charge in [-0.25, -0.2) is 0 Å². The average Bonchev–Trinajstić information content (AvgIpc) is 2.49. The lowest BCUT2D eigenvalue weighted by molar-refractivity contribution is -0.117. The monoisotopic (exact) mass is 268 g/mol. The molecular formula is C19H24O. The normalized spacial score (nSPS) is 36.9. The van der Waals surface area contributed by atoms with Crippen LogP contribution in [0.4, 0.5) is 0 Å². The van der Waals surface area contributed by atoms with Crippen LogP contribution in [-0.2, 0) is 10.2 Å². The molecule has 0 bridgehead atoms. The zero-order valence-electron chi connectivity index (χ0n) is 12.5. The van der Waals surface area contributed by atoms with Crippen LogP contribution in [-0.4, -0.2) is 6.29 Å². The van der Waals surface area contributed by atoms with Gasteiger partial charge in [0.25, 0.3) is 0 Å². The van der Waals surface area contributed by atoms with Gasteiger partial charge in [0.15, 0.2) is 0 Å². The van der Waals surface area contributed by atoms with Crippen molar-refractivity contribution < 1.29 is 4.79 Å². The van der Waals surface area contributed by atoms with Crippen molar-refractivity contribution in [1.82, 2.24) is 0 Å². The van der Waals surface area contributed by atoms with Gasteiger partial charge in [0.05, 0.1) is 5.41 Å². The fourth-order valence-electron chi connectivity index (χ4n) is 4.43. The number of carbonyl (C=O) groups is 1. The molecule has 4 atom stereocenters. The van der Waals surface area contributed by atoms with E-state index in [4.69, 9.17) is 0 Å². The molecule has 4 unspecified atom stereocenters. The number of benzene rings is 1. The third kappa shape index (κ3) is 2.04. The molecule has 106 valence electrons. The Kier molecular flexibility index (Phi) is 3.54. The van der Waals surface area contributed by atoms with E-state index in [1.54, 1.807) is 0 Å². The molecule has 1 aromatic carbocycles. The van der Waals surface area contributed by atoms with E-state index < -0.39 is 0 Å². The molecule has 0 spiro atoms. The molecule has 3 rings (SSSR count). The van der Waals surface area contributed by atoms with Crippen molar-refractivity contribution in [3.05, 3.63) is 47.5 Å². The summed E-state index contributed by atoms with van der Waals surface area (Å²) in [5.41, 5.74) is 2.48. The van der Waals surface area contributed by atoms with E-state index in [1.807, 2.05) is 6.07 Å². The summed E-state index contributed by atoms with van der Waals surface area (Å²) in [6.07, 6.45) is 8.19. The van der Waals surface area contributed by atoms with Gasteiger partial charge in [-0.15, -0.1) is 0 Å². The molecule has 20 heavy (non-hydrogen) atoms. The average molecular weight is 268 g/mol. The second kappa shape index (κ2) is 5.20. The Morgan fingerprint density at radius 2 is 1.95 bits per heavy atom. The minimum atomic E-state index is -0.254. The van der Waals surface area contributed by atoms with Crippen LogP contribution in [0.15, 0.2) is 42.0 Å². The smallest absolute Gasteiger partial charge is 0.130 e. The van der Waals surface area contributed by atoms with Crippen molar-refractivity contribution in [3.8, 4) is 0 Å². The van der Waals surface area contributed by atoms with Crippen LogP contribution in [0.5, 0.6) is 0 Å². The molecule has 2 aliphatic carbocycles. The lowest BCUT2D eigenvalue weighted by Crippen LogP contribution is -2.47. The molecule has 0 saturated heterocycles. The number of carbonyl (C=O) groups excluding carboxylic acids is 1. The molecule has 1 aromatic rings. The first-order valence-corrected chi connectivity index (χ1v) is 7.86. The topological polar surface area (TPSA) is 17.1 Å². The van der Waals surface area contributed by atoms with Gasteiger partial charge < -0.3 is 4.79 Å². The van der Waals surface area contributed by atoms with Crippen LogP contribution in [0.25, 0.3) is 0 Å². The highest BCUT2D eigenvalue weighted by Crippen LogP contribution is 2.52. The molecule has 0 heterocycles. The predicted molar refractivity (Wildman–Crippen MR) is 82.6 cm³/mol. The number of aldehydes is 1. The van der Waals surface area contributed by atoms with Gasteiger partial charge in [-0.05, 0) is 55.9 Å². The maximum atomic E-state index is 12.1. The van der Waals surface area contributed by atoms with Gasteiger partial charge in [0.2, 0.25) is 0 Å². The standard InChI is InChI=1S/C19H24O/c1-14-8-9-18-17(12-14)15(2)10-11-19(18,13-20)16-6-4-3-5-7-16/h3-7,12-13,15,17-18H,8-11H2,1-2H3. The van der Waals surface area contributed by atoms with E-state index >= 15 is 0 Å². The largest absolute Gasteiger partial charge is 0.302 e. The van der Waals surface area contributed by atoms with Crippen molar-refractivity contribution in [2.45, 2.75) is 44.9 Å². The second-order valence-electron chi connectivity index (χ2n) is 6.78. The summed E-state index contributed by atoms with van der Waals surface area (Å²) < 4.78 is 0. The van der Waals surface area contributed by atoms with Gasteiger partial charge in [-0.1, -0.05) is 48.9 Å². The molecule has 1 fully saturated rings. The Morgan fingerprint density at radius 3 is 2.65 bits per heavy atom. The number of allylic oxidation sites excluding steroid dienone is 2. The Bertz CT molecular complexity index is 516. The van der Waals surface area contributed by atoms with E-state index in [2.05, 4.69) is 44.2 Å². The third-order valence-corrected chi connectivity index (χ3v) is 5.64. The van der Waals surface area contributed by atoms with E-state index in [0.717, 1.165) is 25.7 Å². The SMILES string of the molecule is CC1=CC2C(C)CCC(C=O)(c3ccccc3)C2CC1. The summed E-state index contributed by atoms with van der Waals surface area (Å²) in [7, 11) is 0. The highest BCUT2D eigenvalue weighted by Gasteiger charge is 2.49. The van der Waals surface area contributed by atoms with Crippen LogP contribution < -0.4 is 0 Å². The predicted octanol–water partition coefficient (Wildman–Crippen LogP) is 4.53. The molecular weight excluding hydrogens is 244 g/mol. The van der Waals surface area contributed by atoms with Crippen molar-refractivity contribution >= 4 is 6.29 Å². The molecule has 0 radical (unpaired) electrons. The summed E-state index contributed by atoms with van der Waals surface area (Å²) in [5, 5.41) is 0. The summed E-state index contributed by atoms with van der Waals surface area (Å²) in [6, 6.07) is 10.5. The van der Waals surface area contributed by atoms with Crippen LogP contribution in [0, 0.1) is 17.8 Å². The van der Waals surface area contributed by atoms with Crippen molar-refractivity contribution in [3.63, 3.8) is 0 Å². The first-order chi connectivity index (χ1) is 9.67. The fraction of sp³-hybridized carbons (Fsp3) is 0.526. The Balaban J connectivity index is 2.06. The lowest BCUT2D eigenvalue weighted by Gasteiger charge is -2.49. The van der Waals surface area contributed by atoms with E-state index in [1.165, 1.54) is 17.4 Å². The molecule has 0 amide bonds. The summed E-state index contributed by atoms with van der Waals surface area (Å²) >= 11 is 0. The molecule has 1 heteroatoms. The molecule has 0 aromatic heterocycles. The highest BCUT2D eigenvalue weighted by molar-refractivity contribution is 5.70. The van der Waals surface area contributed by atoms with Gasteiger partial charge in [-0.3, -0.25) is 0 Å². The molecule has 1 nitrogen and oxygen atoms in total. The quantitative estimate of drug-likeness (QED) is 0.569. The van der Waals surface area contributed by atoms with Crippen LogP contribution in [0.2, 0.25) is 0 Å². The Hall–Kier alpha value is -1.37. The molecule has 0 N–H and O–H groups in total. The first kappa shape index (κ1) is 13.6. The van der Waals surface area contributed by atoms with E-state index in [9.17, 15) is 4.79 Å². The zero-order valence-corrected chi connectivity index (χ0v) is 12.5. The Labute approximate surface area is 122 Å². The van der Waals surface area contributed by atoms with Crippen LogP contribution >= 0.6 is 0 Å². The van der Waals surface area contributed by atoms with Crippen molar-refractivity contribution in [1.29, 1.82) is 0 Å². The lowest BCUT2D eigenvalue weighted by atomic mass is 9.54. The molecule has 0 aliphatic heterocycles. The third-order valence-electron chi connectivity index (χ3n) is 5.64. The van der Waals surface area contributed by atoms with E-state index in [-0.39, 0.29) is 5.41 Å². The number of fused-ring (bicyclic) bond motifs is 1. The molecule has 2 aliphatic rings. The maximum Gasteiger partial charge on any atom is 0.130 e. The Morgan fingerprint density at radius 1 is 1.20 bits per heavy atom. The number of hydrogen-bond donors (Lipinski definition) is 0. The fourth-order valence-corrected chi connectivity index (χ4v) is 4.43. The number of rotatable bonds is 2. The minimum absolute atomic E-state index is 0.254. The van der Waals surface area contributed by atoms with Crippen molar-refractivity contribution in [2.75, 3.05) is 0 Å². The zero-order chi connectivity index (χ0) is 14.2. The second-order valence-corrected chi connectivity index (χ2v) is 6.78. The number of hydrogen-bond acceptors (Lipinski definition) is 1. The molecule has 1 saturated carbocycles. The van der Waals surface area contributed by atoms with Crippen LogP contribution in [0.1, 0.15) is 45.1 Å². The van der Waals surface area contributed by atoms with Gasteiger partial charge >= 0.3 is 0 Å². The minimum Gasteiger partial charge on any atom is -0.302 e. The van der Waals surface area contributed by atoms with Crippen LogP contribution in [0.3, 0.4) is 0 Å². The van der Waals surface area contributed by atoms with E-state index in [0.29, 0.717) is 17.8 Å². The summed E-state index contributed by atoms with van der Waals surface area (Å²) in [5.74, 6) is 1.75.